The fourth-order valence-electron chi connectivity index (χ4n) is 1.58. The fraction of sp³-hybridized carbons (Fsp3) is 0.556. The van der Waals surface area contributed by atoms with Crippen molar-refractivity contribution in [3.8, 4) is 0 Å². The summed E-state index contributed by atoms with van der Waals surface area (Å²) in [6, 6.07) is 1.74. The molecule has 1 fully saturated rings. The first-order valence-corrected chi connectivity index (χ1v) is 8.33. The Morgan fingerprint density at radius 1 is 1.35 bits per heavy atom. The SMILES string of the molecule is CN1CCN(NS(=O)(=O)c2sccc2Br)CC1. The Balaban J connectivity index is 2.06. The van der Waals surface area contributed by atoms with Gasteiger partial charge in [-0.25, -0.2) is 13.4 Å². The zero-order chi connectivity index (χ0) is 12.5. The summed E-state index contributed by atoms with van der Waals surface area (Å²) in [7, 11) is -1.41. The number of thiophene rings is 1. The number of hydrazine groups is 1. The Hall–Kier alpha value is 0.01000. The van der Waals surface area contributed by atoms with Gasteiger partial charge in [-0.2, -0.15) is 0 Å². The second kappa shape index (κ2) is 5.33. The molecule has 0 saturated carbocycles. The molecule has 1 aromatic heterocycles. The van der Waals surface area contributed by atoms with Gasteiger partial charge in [0, 0.05) is 30.7 Å². The second-order valence-electron chi connectivity index (χ2n) is 3.94. The summed E-state index contributed by atoms with van der Waals surface area (Å²) in [6.45, 7) is 3.15. The minimum Gasteiger partial charge on any atom is -0.304 e. The Morgan fingerprint density at radius 2 is 2.00 bits per heavy atom. The largest absolute Gasteiger partial charge is 0.304 e. The van der Waals surface area contributed by atoms with E-state index in [4.69, 9.17) is 0 Å². The Kier molecular flexibility index (Phi) is 4.22. The predicted octanol–water partition coefficient (Wildman–Crippen LogP) is 0.951. The van der Waals surface area contributed by atoms with Crippen molar-refractivity contribution < 1.29 is 8.42 Å². The van der Waals surface area contributed by atoms with Crippen molar-refractivity contribution in [2.75, 3.05) is 33.2 Å². The first-order chi connectivity index (χ1) is 7.99. The van der Waals surface area contributed by atoms with Gasteiger partial charge in [0.05, 0.1) is 0 Å². The maximum atomic E-state index is 12.1. The van der Waals surface area contributed by atoms with Gasteiger partial charge in [0.1, 0.15) is 4.21 Å². The summed E-state index contributed by atoms with van der Waals surface area (Å²) in [5.74, 6) is 0. The average molecular weight is 340 g/mol. The molecular formula is C9H14BrN3O2S2. The molecule has 1 aliphatic heterocycles. The molecule has 17 heavy (non-hydrogen) atoms. The number of hydrogen-bond acceptors (Lipinski definition) is 5. The highest BCUT2D eigenvalue weighted by Crippen LogP contribution is 2.27. The van der Waals surface area contributed by atoms with E-state index >= 15 is 0 Å². The molecule has 0 radical (unpaired) electrons. The van der Waals surface area contributed by atoms with Crippen LogP contribution in [0.25, 0.3) is 0 Å². The normalized spacial score (nSPS) is 19.6. The molecule has 2 heterocycles. The van der Waals surface area contributed by atoms with E-state index in [1.54, 1.807) is 16.5 Å². The van der Waals surface area contributed by atoms with Gasteiger partial charge in [-0.05, 0) is 34.4 Å². The average Bonchev–Trinajstić information content (AvgIpc) is 2.68. The molecule has 2 rings (SSSR count). The van der Waals surface area contributed by atoms with E-state index in [1.165, 1.54) is 11.3 Å². The van der Waals surface area contributed by atoms with Crippen molar-refractivity contribution in [3.63, 3.8) is 0 Å². The number of nitrogens with one attached hydrogen (secondary N) is 1. The molecule has 0 unspecified atom stereocenters. The molecule has 0 aliphatic carbocycles. The summed E-state index contributed by atoms with van der Waals surface area (Å²) in [4.78, 5) is 4.79. The van der Waals surface area contributed by atoms with Gasteiger partial charge in [0.15, 0.2) is 0 Å². The third-order valence-electron chi connectivity index (χ3n) is 2.58. The van der Waals surface area contributed by atoms with E-state index in [9.17, 15) is 8.42 Å². The summed E-state index contributed by atoms with van der Waals surface area (Å²) in [6.07, 6.45) is 0. The molecular weight excluding hydrogens is 326 g/mol. The first kappa shape index (κ1) is 13.4. The Labute approximate surface area is 114 Å². The van der Waals surface area contributed by atoms with Crippen LogP contribution >= 0.6 is 27.3 Å². The highest BCUT2D eigenvalue weighted by molar-refractivity contribution is 9.10. The van der Waals surface area contributed by atoms with Crippen LogP contribution in [0.3, 0.4) is 0 Å². The lowest BCUT2D eigenvalue weighted by atomic mass is 10.4. The lowest BCUT2D eigenvalue weighted by molar-refractivity contribution is 0.135. The zero-order valence-electron chi connectivity index (χ0n) is 9.39. The molecule has 0 bridgehead atoms. The number of sulfonamides is 1. The predicted molar refractivity (Wildman–Crippen MR) is 71.4 cm³/mol. The molecule has 1 aromatic rings. The van der Waals surface area contributed by atoms with Crippen LogP contribution in [0.1, 0.15) is 0 Å². The van der Waals surface area contributed by atoms with Crippen LogP contribution in [-0.2, 0) is 10.0 Å². The van der Waals surface area contributed by atoms with Gasteiger partial charge >= 0.3 is 0 Å². The molecule has 1 aliphatic rings. The zero-order valence-corrected chi connectivity index (χ0v) is 12.6. The highest BCUT2D eigenvalue weighted by atomic mass is 79.9. The van der Waals surface area contributed by atoms with E-state index in [0.29, 0.717) is 21.8 Å². The summed E-state index contributed by atoms with van der Waals surface area (Å²) in [5, 5.41) is 3.50. The van der Waals surface area contributed by atoms with Crippen molar-refractivity contribution in [3.05, 3.63) is 15.9 Å². The number of likely N-dealkylation sites (N-methyl/N-ethyl adjacent to an activating group) is 1. The van der Waals surface area contributed by atoms with Gasteiger partial charge in [0.25, 0.3) is 10.0 Å². The van der Waals surface area contributed by atoms with E-state index in [0.717, 1.165) is 13.1 Å². The second-order valence-corrected chi connectivity index (χ2v) is 7.57. The third kappa shape index (κ3) is 3.27. The Morgan fingerprint density at radius 3 is 2.53 bits per heavy atom. The molecule has 1 saturated heterocycles. The maximum absolute atomic E-state index is 12.1. The third-order valence-corrected chi connectivity index (χ3v) is 6.63. The summed E-state index contributed by atoms with van der Waals surface area (Å²) < 4.78 is 25.1. The van der Waals surface area contributed by atoms with Crippen LogP contribution < -0.4 is 4.83 Å². The smallest absolute Gasteiger partial charge is 0.264 e. The Bertz CT molecular complexity index is 480. The van der Waals surface area contributed by atoms with Crippen LogP contribution in [0.2, 0.25) is 0 Å². The minimum atomic E-state index is -3.44. The van der Waals surface area contributed by atoms with Crippen molar-refractivity contribution in [1.29, 1.82) is 0 Å². The quantitative estimate of drug-likeness (QED) is 0.890. The van der Waals surface area contributed by atoms with Crippen LogP contribution in [0.15, 0.2) is 20.1 Å². The van der Waals surface area contributed by atoms with Crippen molar-refractivity contribution in [1.82, 2.24) is 14.7 Å². The van der Waals surface area contributed by atoms with Crippen LogP contribution in [0, 0.1) is 0 Å². The summed E-state index contributed by atoms with van der Waals surface area (Å²) >= 11 is 4.45. The van der Waals surface area contributed by atoms with E-state index in [2.05, 4.69) is 25.7 Å². The molecule has 5 nitrogen and oxygen atoms in total. The van der Waals surface area contributed by atoms with Gasteiger partial charge in [-0.15, -0.1) is 16.2 Å². The standard InChI is InChI=1S/C9H14BrN3O2S2/c1-12-3-5-13(6-4-12)11-17(14,15)9-8(10)2-7-16-9/h2,7,11H,3-6H2,1H3. The lowest BCUT2D eigenvalue weighted by Gasteiger charge is -2.31. The van der Waals surface area contributed by atoms with Gasteiger partial charge < -0.3 is 4.90 Å². The molecule has 96 valence electrons. The molecule has 0 spiro atoms. The topological polar surface area (TPSA) is 52.6 Å². The van der Waals surface area contributed by atoms with Gasteiger partial charge in [-0.1, -0.05) is 0 Å². The molecule has 0 aromatic carbocycles. The first-order valence-electron chi connectivity index (χ1n) is 5.18. The number of halogens is 1. The van der Waals surface area contributed by atoms with Gasteiger partial charge in [0.2, 0.25) is 0 Å². The highest BCUT2D eigenvalue weighted by Gasteiger charge is 2.24. The van der Waals surface area contributed by atoms with Crippen LogP contribution in [-0.4, -0.2) is 51.6 Å². The van der Waals surface area contributed by atoms with E-state index < -0.39 is 10.0 Å². The minimum absolute atomic E-state index is 0.330. The monoisotopic (exact) mass is 339 g/mol. The van der Waals surface area contributed by atoms with Crippen LogP contribution in [0.5, 0.6) is 0 Å². The number of piperazine rings is 1. The molecule has 0 amide bonds. The van der Waals surface area contributed by atoms with E-state index in [-0.39, 0.29) is 0 Å². The van der Waals surface area contributed by atoms with Crippen molar-refractivity contribution >= 4 is 37.3 Å². The lowest BCUT2D eigenvalue weighted by Crippen LogP contribution is -2.52. The van der Waals surface area contributed by atoms with Crippen molar-refractivity contribution in [2.45, 2.75) is 4.21 Å². The number of nitrogens with zero attached hydrogens (tertiary/aromatic N) is 2. The number of rotatable bonds is 3. The molecule has 1 N–H and O–H groups in total. The van der Waals surface area contributed by atoms with E-state index in [1.807, 2.05) is 7.05 Å². The van der Waals surface area contributed by atoms with Gasteiger partial charge in [-0.3, -0.25) is 0 Å². The molecule has 0 atom stereocenters. The maximum Gasteiger partial charge on any atom is 0.264 e. The molecule has 8 heteroatoms. The summed E-state index contributed by atoms with van der Waals surface area (Å²) in [5.41, 5.74) is 0. The number of hydrogen-bond donors (Lipinski definition) is 1. The van der Waals surface area contributed by atoms with Crippen molar-refractivity contribution in [2.24, 2.45) is 0 Å². The fourth-order valence-corrected chi connectivity index (χ4v) is 5.03. The van der Waals surface area contributed by atoms with Crippen LogP contribution in [0.4, 0.5) is 0 Å².